The van der Waals surface area contributed by atoms with E-state index in [2.05, 4.69) is 62.9 Å². The van der Waals surface area contributed by atoms with E-state index in [1.165, 1.54) is 95.8 Å². The van der Waals surface area contributed by atoms with Crippen LogP contribution in [0.25, 0.3) is 0 Å². The minimum absolute atomic E-state index is 0.778. The van der Waals surface area contributed by atoms with Gasteiger partial charge in [0.2, 0.25) is 0 Å². The Hall–Kier alpha value is -0.980. The molecule has 2 atom stereocenters. The number of unbranched alkanes of at least 4 members (excludes halogenated alkanes) is 6. The lowest BCUT2D eigenvalue weighted by molar-refractivity contribution is 0.376. The van der Waals surface area contributed by atoms with Gasteiger partial charge in [-0.25, -0.2) is 0 Å². The van der Waals surface area contributed by atoms with Gasteiger partial charge in [0.1, 0.15) is 0 Å². The van der Waals surface area contributed by atoms with Crippen molar-refractivity contribution >= 4 is 5.69 Å². The van der Waals surface area contributed by atoms with Crippen LogP contribution in [-0.2, 0) is 0 Å². The molecular weight excluding hydrogens is 326 g/mol. The fourth-order valence-corrected chi connectivity index (χ4v) is 4.17. The van der Waals surface area contributed by atoms with Crippen LogP contribution in [0.15, 0.2) is 30.3 Å². The fourth-order valence-electron chi connectivity index (χ4n) is 4.17. The molecule has 1 heteroatoms. The maximum absolute atomic E-state index is 2.65. The summed E-state index contributed by atoms with van der Waals surface area (Å²) in [5.74, 6) is 1.71. The maximum atomic E-state index is 2.65. The van der Waals surface area contributed by atoms with Gasteiger partial charge >= 0.3 is 0 Å². The van der Waals surface area contributed by atoms with Crippen molar-refractivity contribution in [1.29, 1.82) is 0 Å². The van der Waals surface area contributed by atoms with Crippen LogP contribution < -0.4 is 4.90 Å². The normalized spacial score (nSPS) is 13.5. The Morgan fingerprint density at radius 2 is 1.41 bits per heavy atom. The molecule has 1 nitrogen and oxygen atoms in total. The summed E-state index contributed by atoms with van der Waals surface area (Å²) < 4.78 is 0. The highest BCUT2D eigenvalue weighted by atomic mass is 15.1. The van der Waals surface area contributed by atoms with E-state index in [0.717, 1.165) is 11.8 Å². The number of hydrogen-bond donors (Lipinski definition) is 0. The van der Waals surface area contributed by atoms with Crippen molar-refractivity contribution in [3.8, 4) is 0 Å². The van der Waals surface area contributed by atoms with Gasteiger partial charge in [0.15, 0.2) is 0 Å². The van der Waals surface area contributed by atoms with Gasteiger partial charge in [-0.05, 0) is 36.8 Å². The SMILES string of the molecule is CCCCCCCCCN(CC(C)CCC(CC)CCC)c1ccccc1. The Balaban J connectivity index is 2.42. The molecule has 0 aliphatic rings. The van der Waals surface area contributed by atoms with E-state index in [9.17, 15) is 0 Å². The zero-order valence-corrected chi connectivity index (χ0v) is 18.9. The number of hydrogen-bond acceptors (Lipinski definition) is 1. The van der Waals surface area contributed by atoms with Gasteiger partial charge in [0, 0.05) is 18.8 Å². The summed E-state index contributed by atoms with van der Waals surface area (Å²) in [5, 5.41) is 0. The molecule has 1 rings (SSSR count). The van der Waals surface area contributed by atoms with Crippen molar-refractivity contribution in [3.63, 3.8) is 0 Å². The second-order valence-corrected chi connectivity index (χ2v) is 8.65. The first-order valence-electron chi connectivity index (χ1n) is 12.0. The van der Waals surface area contributed by atoms with Crippen molar-refractivity contribution in [3.05, 3.63) is 30.3 Å². The summed E-state index contributed by atoms with van der Waals surface area (Å²) in [4.78, 5) is 2.65. The summed E-state index contributed by atoms with van der Waals surface area (Å²) in [6.45, 7) is 11.9. The minimum Gasteiger partial charge on any atom is -0.371 e. The van der Waals surface area contributed by atoms with Crippen molar-refractivity contribution in [2.45, 2.75) is 105 Å². The average Bonchev–Trinajstić information content (AvgIpc) is 2.70. The standard InChI is InChI=1S/C26H47N/c1-5-8-9-10-11-12-16-22-27(26-18-14-13-15-19-26)23-24(4)20-21-25(7-3)17-6-2/h13-15,18-19,24-25H,5-12,16-17,20-23H2,1-4H3. The minimum atomic E-state index is 0.778. The van der Waals surface area contributed by atoms with Crippen LogP contribution in [-0.4, -0.2) is 13.1 Å². The largest absolute Gasteiger partial charge is 0.371 e. The lowest BCUT2D eigenvalue weighted by Gasteiger charge is -2.29. The van der Waals surface area contributed by atoms with Crippen LogP contribution in [0.3, 0.4) is 0 Å². The summed E-state index contributed by atoms with van der Waals surface area (Å²) in [6.07, 6.45) is 16.6. The zero-order valence-electron chi connectivity index (χ0n) is 18.9. The van der Waals surface area contributed by atoms with Crippen molar-refractivity contribution in [2.24, 2.45) is 11.8 Å². The molecule has 27 heavy (non-hydrogen) atoms. The van der Waals surface area contributed by atoms with Crippen LogP contribution in [0.2, 0.25) is 0 Å². The molecule has 0 fully saturated rings. The van der Waals surface area contributed by atoms with E-state index < -0.39 is 0 Å². The number of benzene rings is 1. The molecule has 1 aromatic carbocycles. The predicted molar refractivity (Wildman–Crippen MR) is 124 cm³/mol. The molecule has 0 amide bonds. The van der Waals surface area contributed by atoms with Crippen LogP contribution in [0.1, 0.15) is 105 Å². The van der Waals surface area contributed by atoms with Gasteiger partial charge < -0.3 is 4.90 Å². The quantitative estimate of drug-likeness (QED) is 0.247. The fraction of sp³-hybridized carbons (Fsp3) is 0.769. The van der Waals surface area contributed by atoms with Gasteiger partial charge in [-0.1, -0.05) is 110 Å². The van der Waals surface area contributed by atoms with Crippen molar-refractivity contribution in [1.82, 2.24) is 0 Å². The van der Waals surface area contributed by atoms with E-state index >= 15 is 0 Å². The summed E-state index contributed by atoms with van der Waals surface area (Å²) in [7, 11) is 0. The summed E-state index contributed by atoms with van der Waals surface area (Å²) in [5.41, 5.74) is 1.41. The number of rotatable bonds is 17. The van der Waals surface area contributed by atoms with Gasteiger partial charge in [0.05, 0.1) is 0 Å². The monoisotopic (exact) mass is 373 g/mol. The maximum Gasteiger partial charge on any atom is 0.0366 e. The molecule has 2 unspecified atom stereocenters. The molecule has 0 radical (unpaired) electrons. The molecule has 0 aliphatic heterocycles. The Morgan fingerprint density at radius 1 is 0.741 bits per heavy atom. The van der Waals surface area contributed by atoms with Gasteiger partial charge in [-0.3, -0.25) is 0 Å². The van der Waals surface area contributed by atoms with E-state index in [-0.39, 0.29) is 0 Å². The molecule has 0 aromatic heterocycles. The highest BCUT2D eigenvalue weighted by Gasteiger charge is 2.13. The summed E-state index contributed by atoms with van der Waals surface area (Å²) in [6, 6.07) is 11.1. The smallest absolute Gasteiger partial charge is 0.0366 e. The Kier molecular flexibility index (Phi) is 14.3. The lowest BCUT2D eigenvalue weighted by atomic mass is 9.91. The molecule has 1 aromatic rings. The first kappa shape index (κ1) is 24.1. The van der Waals surface area contributed by atoms with Gasteiger partial charge in [-0.2, -0.15) is 0 Å². The Bertz CT molecular complexity index is 427. The second-order valence-electron chi connectivity index (χ2n) is 8.65. The zero-order chi connectivity index (χ0) is 19.7. The highest BCUT2D eigenvalue weighted by molar-refractivity contribution is 5.45. The number of anilines is 1. The van der Waals surface area contributed by atoms with E-state index in [0.29, 0.717) is 0 Å². The molecule has 0 aliphatic carbocycles. The van der Waals surface area contributed by atoms with Gasteiger partial charge in [0.25, 0.3) is 0 Å². The molecule has 0 saturated heterocycles. The molecular formula is C26H47N. The lowest BCUT2D eigenvalue weighted by Crippen LogP contribution is -2.29. The third-order valence-corrected chi connectivity index (χ3v) is 6.03. The number of para-hydroxylation sites is 1. The predicted octanol–water partition coefficient (Wildman–Crippen LogP) is 8.49. The van der Waals surface area contributed by atoms with Crippen molar-refractivity contribution < 1.29 is 0 Å². The Morgan fingerprint density at radius 3 is 2.04 bits per heavy atom. The molecule has 0 heterocycles. The summed E-state index contributed by atoms with van der Waals surface area (Å²) >= 11 is 0. The third kappa shape index (κ3) is 11.5. The second kappa shape index (κ2) is 16.0. The molecule has 0 spiro atoms. The molecule has 0 N–H and O–H groups in total. The highest BCUT2D eigenvalue weighted by Crippen LogP contribution is 2.23. The third-order valence-electron chi connectivity index (χ3n) is 6.03. The van der Waals surface area contributed by atoms with Crippen LogP contribution >= 0.6 is 0 Å². The van der Waals surface area contributed by atoms with Crippen LogP contribution in [0.4, 0.5) is 5.69 Å². The van der Waals surface area contributed by atoms with Crippen molar-refractivity contribution in [2.75, 3.05) is 18.0 Å². The Labute approximate surface area is 170 Å². The first-order chi connectivity index (χ1) is 13.2. The van der Waals surface area contributed by atoms with E-state index in [1.807, 2.05) is 0 Å². The number of nitrogens with zero attached hydrogens (tertiary/aromatic N) is 1. The molecule has 156 valence electrons. The van der Waals surface area contributed by atoms with E-state index in [4.69, 9.17) is 0 Å². The topological polar surface area (TPSA) is 3.24 Å². The van der Waals surface area contributed by atoms with Gasteiger partial charge in [-0.15, -0.1) is 0 Å². The molecule has 0 bridgehead atoms. The van der Waals surface area contributed by atoms with Crippen LogP contribution in [0, 0.1) is 11.8 Å². The average molecular weight is 374 g/mol. The first-order valence-corrected chi connectivity index (χ1v) is 12.0. The molecule has 0 saturated carbocycles. The van der Waals surface area contributed by atoms with Crippen LogP contribution in [0.5, 0.6) is 0 Å². The van der Waals surface area contributed by atoms with E-state index in [1.54, 1.807) is 0 Å².